The minimum Gasteiger partial charge on any atom is -0.382 e. The van der Waals surface area contributed by atoms with Gasteiger partial charge in [0.05, 0.1) is 16.6 Å². The second-order valence-electron chi connectivity index (χ2n) is 3.87. The number of aliphatic hydroxyl groups excluding tert-OH is 1. The van der Waals surface area contributed by atoms with Crippen molar-refractivity contribution in [2.75, 3.05) is 0 Å². The largest absolute Gasteiger partial charge is 0.416 e. The molecule has 2 atom stereocenters. The Morgan fingerprint density at radius 2 is 1.57 bits per heavy atom. The molecule has 0 unspecified atom stereocenters. The molecule has 1 rings (SSSR count). The third kappa shape index (κ3) is 4.60. The normalized spacial score (nSPS) is 15.3. The number of alkyl halides is 6. The molecular weight excluding hydrogens is 354 g/mol. The van der Waals surface area contributed by atoms with Crippen molar-refractivity contribution in [3.8, 4) is 0 Å². The van der Waals surface area contributed by atoms with Gasteiger partial charge in [0.15, 0.2) is 6.10 Å². The van der Waals surface area contributed by atoms with Crippen LogP contribution in [0.5, 0.6) is 0 Å². The van der Waals surface area contributed by atoms with Crippen LogP contribution in [-0.2, 0) is 6.18 Å². The van der Waals surface area contributed by atoms with E-state index < -0.39 is 46.5 Å². The average Bonchev–Trinajstić information content (AvgIpc) is 2.28. The van der Waals surface area contributed by atoms with Crippen molar-refractivity contribution in [3.63, 3.8) is 0 Å². The van der Waals surface area contributed by atoms with Crippen molar-refractivity contribution in [3.05, 3.63) is 34.1 Å². The number of halogens is 9. The SMILES string of the molecule is Cl.N[C@H](c1cc(C(F)(F)F)cc(Cl)c1F)[C@@H](O)C(F)(F)F. The van der Waals surface area contributed by atoms with Gasteiger partial charge in [-0.1, -0.05) is 11.6 Å². The fraction of sp³-hybridized carbons (Fsp3) is 0.400. The molecule has 3 N–H and O–H groups in total. The summed E-state index contributed by atoms with van der Waals surface area (Å²) in [6.07, 6.45) is -13.4. The molecular formula is C10H8Cl2F7NO. The maximum absolute atomic E-state index is 13.5. The van der Waals surface area contributed by atoms with Gasteiger partial charge >= 0.3 is 12.4 Å². The summed E-state index contributed by atoms with van der Waals surface area (Å²) in [5.74, 6) is -1.55. The molecule has 2 nitrogen and oxygen atoms in total. The molecule has 0 radical (unpaired) electrons. The number of hydrogen-bond donors (Lipinski definition) is 2. The predicted molar refractivity (Wildman–Crippen MR) is 62.7 cm³/mol. The zero-order valence-corrected chi connectivity index (χ0v) is 11.3. The van der Waals surface area contributed by atoms with Crippen molar-refractivity contribution >= 4 is 24.0 Å². The Morgan fingerprint density at radius 1 is 1.10 bits per heavy atom. The molecule has 0 fully saturated rings. The Morgan fingerprint density at radius 3 is 1.95 bits per heavy atom. The highest BCUT2D eigenvalue weighted by molar-refractivity contribution is 6.30. The van der Waals surface area contributed by atoms with Crippen molar-refractivity contribution in [1.29, 1.82) is 0 Å². The first kappa shape index (κ1) is 20.2. The number of aliphatic hydroxyl groups is 1. The minimum absolute atomic E-state index is 0. The zero-order valence-electron chi connectivity index (χ0n) is 9.77. The van der Waals surface area contributed by atoms with Gasteiger partial charge in [-0.2, -0.15) is 26.3 Å². The molecule has 122 valence electrons. The molecule has 0 aliphatic heterocycles. The van der Waals surface area contributed by atoms with Gasteiger partial charge in [-0.15, -0.1) is 12.4 Å². The summed E-state index contributed by atoms with van der Waals surface area (Å²) in [6, 6.07) is -2.14. The van der Waals surface area contributed by atoms with Crippen LogP contribution in [0, 0.1) is 5.82 Å². The second kappa shape index (κ2) is 6.55. The Bertz CT molecular complexity index is 503. The molecule has 0 spiro atoms. The molecule has 11 heteroatoms. The monoisotopic (exact) mass is 361 g/mol. The lowest BCUT2D eigenvalue weighted by atomic mass is 9.99. The van der Waals surface area contributed by atoms with E-state index in [1.807, 2.05) is 0 Å². The first-order valence-electron chi connectivity index (χ1n) is 4.92. The lowest BCUT2D eigenvalue weighted by Crippen LogP contribution is -2.39. The summed E-state index contributed by atoms with van der Waals surface area (Å²) < 4.78 is 87.7. The third-order valence-electron chi connectivity index (χ3n) is 2.42. The Kier molecular flexibility index (Phi) is 6.31. The Balaban J connectivity index is 0.00000400. The summed E-state index contributed by atoms with van der Waals surface area (Å²) in [5, 5.41) is 7.83. The van der Waals surface area contributed by atoms with Crippen LogP contribution in [0.15, 0.2) is 12.1 Å². The molecule has 0 aliphatic rings. The van der Waals surface area contributed by atoms with Gasteiger partial charge in [0.25, 0.3) is 0 Å². The van der Waals surface area contributed by atoms with Gasteiger partial charge in [-0.25, -0.2) is 4.39 Å². The molecule has 1 aromatic carbocycles. The smallest absolute Gasteiger partial charge is 0.382 e. The average molecular weight is 362 g/mol. The standard InChI is InChI=1S/C10H7ClF7NO.ClH/c11-5-2-3(9(13,14)15)1-4(6(5)12)7(19)8(20)10(16,17)18;/h1-2,7-8,20H,19H2;1H/t7-,8-;/m1./s1. The number of benzene rings is 1. The second-order valence-corrected chi connectivity index (χ2v) is 4.28. The summed E-state index contributed by atoms with van der Waals surface area (Å²) in [5.41, 5.74) is 2.33. The summed E-state index contributed by atoms with van der Waals surface area (Å²) in [7, 11) is 0. The van der Waals surface area contributed by atoms with Crippen LogP contribution < -0.4 is 5.73 Å². The van der Waals surface area contributed by atoms with Crippen molar-refractivity contribution in [2.45, 2.75) is 24.5 Å². The fourth-order valence-electron chi connectivity index (χ4n) is 1.39. The topological polar surface area (TPSA) is 46.2 Å². The van der Waals surface area contributed by atoms with Gasteiger partial charge in [-0.05, 0) is 12.1 Å². The molecule has 0 saturated carbocycles. The highest BCUT2D eigenvalue weighted by atomic mass is 35.5. The van der Waals surface area contributed by atoms with Crippen molar-refractivity contribution in [1.82, 2.24) is 0 Å². The number of nitrogens with two attached hydrogens (primary N) is 1. The van der Waals surface area contributed by atoms with Crippen LogP contribution in [-0.4, -0.2) is 17.4 Å². The van der Waals surface area contributed by atoms with E-state index in [-0.39, 0.29) is 24.5 Å². The van der Waals surface area contributed by atoms with Gasteiger partial charge in [-0.3, -0.25) is 0 Å². The third-order valence-corrected chi connectivity index (χ3v) is 2.69. The van der Waals surface area contributed by atoms with Crippen molar-refractivity contribution < 1.29 is 35.8 Å². The molecule has 21 heavy (non-hydrogen) atoms. The first-order chi connectivity index (χ1) is 8.85. The van der Waals surface area contributed by atoms with Crippen LogP contribution >= 0.6 is 24.0 Å². The van der Waals surface area contributed by atoms with E-state index in [1.54, 1.807) is 0 Å². The molecule has 0 aromatic heterocycles. The van der Waals surface area contributed by atoms with Crippen LogP contribution in [0.1, 0.15) is 17.2 Å². The fourth-order valence-corrected chi connectivity index (χ4v) is 1.62. The summed E-state index contributed by atoms with van der Waals surface area (Å²) >= 11 is 5.19. The molecule has 0 bridgehead atoms. The molecule has 0 heterocycles. The lowest BCUT2D eigenvalue weighted by molar-refractivity contribution is -0.210. The zero-order chi connectivity index (χ0) is 15.9. The van der Waals surface area contributed by atoms with E-state index in [1.165, 1.54) is 0 Å². The Labute approximate surface area is 125 Å². The molecule has 0 saturated heterocycles. The van der Waals surface area contributed by atoms with Gasteiger partial charge in [0.2, 0.25) is 0 Å². The van der Waals surface area contributed by atoms with Crippen LogP contribution in [0.4, 0.5) is 30.7 Å². The van der Waals surface area contributed by atoms with Gasteiger partial charge in [0.1, 0.15) is 5.82 Å². The van der Waals surface area contributed by atoms with Crippen LogP contribution in [0.25, 0.3) is 0 Å². The Hall–Kier alpha value is -0.770. The van der Waals surface area contributed by atoms with Gasteiger partial charge < -0.3 is 10.8 Å². The van der Waals surface area contributed by atoms with E-state index in [2.05, 4.69) is 0 Å². The maximum atomic E-state index is 13.5. The van der Waals surface area contributed by atoms with E-state index in [0.717, 1.165) is 0 Å². The van der Waals surface area contributed by atoms with Crippen LogP contribution in [0.3, 0.4) is 0 Å². The maximum Gasteiger partial charge on any atom is 0.416 e. The predicted octanol–water partition coefficient (Wildman–Crippen LogP) is 3.84. The van der Waals surface area contributed by atoms with E-state index >= 15 is 0 Å². The number of hydrogen-bond acceptors (Lipinski definition) is 2. The molecule has 1 aromatic rings. The highest BCUT2D eigenvalue weighted by Gasteiger charge is 2.44. The van der Waals surface area contributed by atoms with Gasteiger partial charge in [0, 0.05) is 5.56 Å². The van der Waals surface area contributed by atoms with E-state index in [4.69, 9.17) is 22.4 Å². The van der Waals surface area contributed by atoms with Crippen molar-refractivity contribution in [2.24, 2.45) is 5.73 Å². The summed E-state index contributed by atoms with van der Waals surface area (Å²) in [6.45, 7) is 0. The molecule has 0 amide bonds. The number of rotatable bonds is 2. The highest BCUT2D eigenvalue weighted by Crippen LogP contribution is 2.37. The van der Waals surface area contributed by atoms with Crippen LogP contribution in [0.2, 0.25) is 5.02 Å². The quantitative estimate of drug-likeness (QED) is 0.786. The van der Waals surface area contributed by atoms with E-state index in [9.17, 15) is 30.7 Å². The lowest BCUT2D eigenvalue weighted by Gasteiger charge is -2.23. The molecule has 0 aliphatic carbocycles. The minimum atomic E-state index is -5.22. The summed E-state index contributed by atoms with van der Waals surface area (Å²) in [4.78, 5) is 0. The first-order valence-corrected chi connectivity index (χ1v) is 5.30. The van der Waals surface area contributed by atoms with E-state index in [0.29, 0.717) is 0 Å².